The Morgan fingerprint density at radius 1 is 0.842 bits per heavy atom. The Morgan fingerprint density at radius 3 is 1.79 bits per heavy atom. The summed E-state index contributed by atoms with van der Waals surface area (Å²) in [6, 6.07) is 0. The molecule has 0 heterocycles. The molecule has 0 radical (unpaired) electrons. The Bertz CT molecular complexity index is 212. The summed E-state index contributed by atoms with van der Waals surface area (Å²) in [7, 11) is 0. The molecule has 0 aromatic heterocycles. The Kier molecular flexibility index (Phi) is 11.3. The molecule has 114 valence electrons. The first-order valence-corrected chi connectivity index (χ1v) is 8.27. The van der Waals surface area contributed by atoms with Crippen LogP contribution in [0.25, 0.3) is 0 Å². The average molecular weight is 268 g/mol. The molecule has 0 aromatic carbocycles. The molecule has 19 heavy (non-hydrogen) atoms. The van der Waals surface area contributed by atoms with Gasteiger partial charge in [0.15, 0.2) is 0 Å². The Hall–Kier alpha value is -0.300. The van der Waals surface area contributed by atoms with Gasteiger partial charge in [-0.05, 0) is 44.7 Å². The van der Waals surface area contributed by atoms with E-state index in [2.05, 4.69) is 39.6 Å². The van der Waals surface area contributed by atoms with Gasteiger partial charge in [-0.2, -0.15) is 0 Å². The van der Waals surface area contributed by atoms with Gasteiger partial charge in [-0.3, -0.25) is 0 Å². The van der Waals surface area contributed by atoms with Crippen molar-refractivity contribution in [3.63, 3.8) is 0 Å². The number of rotatable bonds is 12. The van der Waals surface area contributed by atoms with Gasteiger partial charge in [0.1, 0.15) is 0 Å². The first-order valence-electron chi connectivity index (χ1n) is 8.27. The van der Waals surface area contributed by atoms with Gasteiger partial charge in [0, 0.05) is 0 Å². The van der Waals surface area contributed by atoms with Gasteiger partial charge in [0.2, 0.25) is 0 Å². The highest BCUT2D eigenvalue weighted by Crippen LogP contribution is 2.12. The molecule has 0 bridgehead atoms. The molecule has 1 N–H and O–H groups in total. The molecule has 1 heteroatoms. The highest BCUT2D eigenvalue weighted by atomic mass is 14.9. The molecule has 0 aliphatic rings. The summed E-state index contributed by atoms with van der Waals surface area (Å²) in [5.74, 6) is 0. The fourth-order valence-electron chi connectivity index (χ4n) is 2.20. The van der Waals surface area contributed by atoms with Crippen molar-refractivity contribution in [3.05, 3.63) is 12.2 Å². The largest absolute Gasteiger partial charge is 0.316 e. The van der Waals surface area contributed by atoms with Crippen LogP contribution in [0.3, 0.4) is 0 Å². The van der Waals surface area contributed by atoms with Crippen molar-refractivity contribution in [2.45, 2.75) is 85.5 Å². The molecule has 0 saturated carbocycles. The van der Waals surface area contributed by atoms with Crippen LogP contribution in [0.5, 0.6) is 0 Å². The van der Waals surface area contributed by atoms with Crippen molar-refractivity contribution in [2.24, 2.45) is 5.41 Å². The topological polar surface area (TPSA) is 12.0 Å². The highest BCUT2D eigenvalue weighted by molar-refractivity contribution is 4.86. The van der Waals surface area contributed by atoms with Gasteiger partial charge >= 0.3 is 0 Å². The summed E-state index contributed by atoms with van der Waals surface area (Å²) in [6.07, 6.45) is 12.4. The summed E-state index contributed by atoms with van der Waals surface area (Å²) in [6.45, 7) is 15.3. The van der Waals surface area contributed by atoms with Gasteiger partial charge in [0.25, 0.3) is 0 Å². The minimum atomic E-state index is 0.420. The second-order valence-corrected chi connectivity index (χ2v) is 7.27. The second kappa shape index (κ2) is 11.5. The smallest absolute Gasteiger partial charge is 0.0000126 e. The third-order valence-electron chi connectivity index (χ3n) is 3.36. The minimum absolute atomic E-state index is 0.420. The second-order valence-electron chi connectivity index (χ2n) is 7.27. The summed E-state index contributed by atoms with van der Waals surface area (Å²) in [4.78, 5) is 0. The van der Waals surface area contributed by atoms with E-state index in [1.54, 1.807) is 0 Å². The van der Waals surface area contributed by atoms with Crippen molar-refractivity contribution >= 4 is 0 Å². The molecule has 0 unspecified atom stereocenters. The van der Waals surface area contributed by atoms with Crippen molar-refractivity contribution < 1.29 is 0 Å². The number of allylic oxidation sites excluding steroid dienone is 1. The number of unbranched alkanes of at least 4 members (excludes halogenated alkanes) is 7. The van der Waals surface area contributed by atoms with Gasteiger partial charge in [-0.1, -0.05) is 64.9 Å². The maximum absolute atomic E-state index is 3.95. The Morgan fingerprint density at radius 2 is 1.32 bits per heavy atom. The summed E-state index contributed by atoms with van der Waals surface area (Å²) >= 11 is 0. The van der Waals surface area contributed by atoms with E-state index in [0.717, 1.165) is 6.54 Å². The van der Waals surface area contributed by atoms with Crippen LogP contribution < -0.4 is 5.32 Å². The molecule has 0 aromatic rings. The van der Waals surface area contributed by atoms with Crippen molar-refractivity contribution in [1.29, 1.82) is 0 Å². The summed E-state index contributed by atoms with van der Waals surface area (Å²) in [5, 5.41) is 3.55. The van der Waals surface area contributed by atoms with E-state index in [1.165, 1.54) is 69.9 Å². The molecule has 0 spiro atoms. The van der Waals surface area contributed by atoms with E-state index < -0.39 is 0 Å². The maximum Gasteiger partial charge on any atom is -0.0000126 e. The van der Waals surface area contributed by atoms with Crippen LogP contribution in [0, 0.1) is 5.41 Å². The standard InChI is InChI=1S/C18H37N/c1-17(2)14-12-10-8-6-7-9-11-13-15-19-16-18(3,4)5/h19H,1,6-16H2,2-5H3. The molecule has 0 fully saturated rings. The lowest BCUT2D eigenvalue weighted by Crippen LogP contribution is -2.27. The van der Waals surface area contributed by atoms with E-state index in [-0.39, 0.29) is 0 Å². The van der Waals surface area contributed by atoms with E-state index in [0.29, 0.717) is 5.41 Å². The Balaban J connectivity index is 3.05. The SMILES string of the molecule is C=C(C)CCCCCCCCCCNCC(C)(C)C. The lowest BCUT2D eigenvalue weighted by atomic mass is 9.97. The molecular formula is C18H37N. The molecule has 0 atom stereocenters. The lowest BCUT2D eigenvalue weighted by molar-refractivity contribution is 0.377. The predicted molar refractivity (Wildman–Crippen MR) is 88.7 cm³/mol. The maximum atomic E-state index is 3.95. The molecule has 0 saturated heterocycles. The summed E-state index contributed by atoms with van der Waals surface area (Å²) in [5.41, 5.74) is 1.76. The van der Waals surface area contributed by atoms with E-state index >= 15 is 0 Å². The number of nitrogens with one attached hydrogen (secondary N) is 1. The third-order valence-corrected chi connectivity index (χ3v) is 3.36. The van der Waals surface area contributed by atoms with Crippen LogP contribution in [0.4, 0.5) is 0 Å². The van der Waals surface area contributed by atoms with Crippen LogP contribution in [-0.2, 0) is 0 Å². The quantitative estimate of drug-likeness (QED) is 0.353. The number of hydrogen-bond donors (Lipinski definition) is 1. The molecule has 0 aliphatic carbocycles. The van der Waals surface area contributed by atoms with Crippen LogP contribution in [-0.4, -0.2) is 13.1 Å². The fraction of sp³-hybridized carbons (Fsp3) is 0.889. The monoisotopic (exact) mass is 267 g/mol. The van der Waals surface area contributed by atoms with Gasteiger partial charge in [-0.15, -0.1) is 6.58 Å². The van der Waals surface area contributed by atoms with Crippen LogP contribution in [0.1, 0.15) is 85.5 Å². The zero-order valence-corrected chi connectivity index (χ0v) is 14.0. The van der Waals surface area contributed by atoms with Crippen molar-refractivity contribution in [3.8, 4) is 0 Å². The highest BCUT2D eigenvalue weighted by Gasteiger charge is 2.07. The fourth-order valence-corrected chi connectivity index (χ4v) is 2.20. The first kappa shape index (κ1) is 18.7. The van der Waals surface area contributed by atoms with E-state index in [4.69, 9.17) is 0 Å². The lowest BCUT2D eigenvalue weighted by Gasteiger charge is -2.18. The van der Waals surface area contributed by atoms with Gasteiger partial charge in [0.05, 0.1) is 0 Å². The van der Waals surface area contributed by atoms with Crippen LogP contribution >= 0.6 is 0 Å². The van der Waals surface area contributed by atoms with E-state index in [9.17, 15) is 0 Å². The zero-order chi connectivity index (χ0) is 14.6. The average Bonchev–Trinajstić information content (AvgIpc) is 2.28. The molecular weight excluding hydrogens is 230 g/mol. The first-order chi connectivity index (χ1) is 8.92. The van der Waals surface area contributed by atoms with Crippen molar-refractivity contribution in [1.82, 2.24) is 5.32 Å². The van der Waals surface area contributed by atoms with Crippen molar-refractivity contribution in [2.75, 3.05) is 13.1 Å². The van der Waals surface area contributed by atoms with Crippen LogP contribution in [0.15, 0.2) is 12.2 Å². The Labute approximate surface area is 122 Å². The third kappa shape index (κ3) is 17.7. The minimum Gasteiger partial charge on any atom is -0.316 e. The van der Waals surface area contributed by atoms with Gasteiger partial charge in [-0.25, -0.2) is 0 Å². The molecule has 0 rings (SSSR count). The molecule has 0 aliphatic heterocycles. The zero-order valence-electron chi connectivity index (χ0n) is 14.0. The predicted octanol–water partition coefficient (Wildman–Crippen LogP) is 5.71. The number of hydrogen-bond acceptors (Lipinski definition) is 1. The van der Waals surface area contributed by atoms with E-state index in [1.807, 2.05) is 0 Å². The summed E-state index contributed by atoms with van der Waals surface area (Å²) < 4.78 is 0. The van der Waals surface area contributed by atoms with Crippen LogP contribution in [0.2, 0.25) is 0 Å². The normalized spacial score (nSPS) is 11.8. The molecule has 1 nitrogen and oxygen atoms in total. The molecule has 0 amide bonds. The van der Waals surface area contributed by atoms with Gasteiger partial charge < -0.3 is 5.32 Å².